The highest BCUT2D eigenvalue weighted by molar-refractivity contribution is 5.09. The number of nitrogens with zero attached hydrogens (tertiary/aromatic N) is 2. The van der Waals surface area contributed by atoms with Crippen LogP contribution in [0.5, 0.6) is 0 Å². The van der Waals surface area contributed by atoms with Crippen molar-refractivity contribution in [2.24, 2.45) is 7.05 Å². The zero-order valence-corrected chi connectivity index (χ0v) is 6.68. The number of rotatable bonds is 2. The third-order valence-corrected chi connectivity index (χ3v) is 1.68. The number of aryl methyl sites for hydroxylation is 1. The van der Waals surface area contributed by atoms with Crippen molar-refractivity contribution in [2.45, 2.75) is 13.5 Å². The van der Waals surface area contributed by atoms with Gasteiger partial charge < -0.3 is 9.88 Å². The minimum absolute atomic E-state index is 0.854. The molecule has 0 atom stereocenters. The van der Waals surface area contributed by atoms with Crippen LogP contribution in [0, 0.1) is 6.92 Å². The minimum Gasteiger partial charge on any atom is -0.338 e. The molecular formula is C7H13N3. The predicted octanol–water partition coefficient (Wildman–Crippen LogP) is 0.448. The molecule has 1 aromatic heterocycles. The Morgan fingerprint density at radius 1 is 1.70 bits per heavy atom. The van der Waals surface area contributed by atoms with Crippen LogP contribution < -0.4 is 5.32 Å². The summed E-state index contributed by atoms with van der Waals surface area (Å²) < 4.78 is 2.02. The van der Waals surface area contributed by atoms with Crippen LogP contribution in [-0.4, -0.2) is 16.6 Å². The zero-order valence-electron chi connectivity index (χ0n) is 6.68. The fourth-order valence-electron chi connectivity index (χ4n) is 0.881. The molecule has 1 rings (SSSR count). The monoisotopic (exact) mass is 139 g/mol. The van der Waals surface area contributed by atoms with Gasteiger partial charge in [-0.1, -0.05) is 0 Å². The first-order valence-corrected chi connectivity index (χ1v) is 3.37. The van der Waals surface area contributed by atoms with E-state index in [1.54, 1.807) is 0 Å². The van der Waals surface area contributed by atoms with Gasteiger partial charge in [-0.05, 0) is 14.0 Å². The molecule has 0 saturated heterocycles. The fourth-order valence-corrected chi connectivity index (χ4v) is 0.881. The molecule has 0 saturated carbocycles. The Labute approximate surface area is 61.1 Å². The van der Waals surface area contributed by atoms with Crippen LogP contribution >= 0.6 is 0 Å². The van der Waals surface area contributed by atoms with Crippen LogP contribution in [0.1, 0.15) is 11.4 Å². The van der Waals surface area contributed by atoms with Crippen molar-refractivity contribution >= 4 is 0 Å². The van der Waals surface area contributed by atoms with Crippen molar-refractivity contribution in [1.29, 1.82) is 0 Å². The van der Waals surface area contributed by atoms with Gasteiger partial charge in [0.05, 0.1) is 12.0 Å². The molecule has 1 heterocycles. The molecule has 0 aliphatic heterocycles. The lowest BCUT2D eigenvalue weighted by Gasteiger charge is -1.97. The second-order valence-corrected chi connectivity index (χ2v) is 2.42. The molecule has 0 bridgehead atoms. The molecule has 0 aliphatic carbocycles. The Hall–Kier alpha value is -0.830. The molecule has 1 aromatic rings. The lowest BCUT2D eigenvalue weighted by Crippen LogP contribution is -2.07. The van der Waals surface area contributed by atoms with Crippen LogP contribution in [0.25, 0.3) is 0 Å². The standard InChI is InChI=1S/C7H13N3/c1-6-7(4-8-2)9-5-10(6)3/h5,8H,4H2,1-3H3. The minimum atomic E-state index is 0.854. The van der Waals surface area contributed by atoms with E-state index in [2.05, 4.69) is 17.2 Å². The Bertz CT molecular complexity index is 215. The molecule has 3 heteroatoms. The molecular weight excluding hydrogens is 126 g/mol. The van der Waals surface area contributed by atoms with Crippen molar-refractivity contribution in [1.82, 2.24) is 14.9 Å². The van der Waals surface area contributed by atoms with Crippen LogP contribution in [0.3, 0.4) is 0 Å². The molecule has 0 spiro atoms. The Kier molecular flexibility index (Phi) is 2.06. The van der Waals surface area contributed by atoms with Gasteiger partial charge in [-0.25, -0.2) is 4.98 Å². The Morgan fingerprint density at radius 3 is 2.80 bits per heavy atom. The predicted molar refractivity (Wildman–Crippen MR) is 40.7 cm³/mol. The Morgan fingerprint density at radius 2 is 2.40 bits per heavy atom. The molecule has 0 radical (unpaired) electrons. The van der Waals surface area contributed by atoms with Crippen molar-refractivity contribution in [3.8, 4) is 0 Å². The van der Waals surface area contributed by atoms with E-state index in [1.165, 1.54) is 5.69 Å². The van der Waals surface area contributed by atoms with Crippen molar-refractivity contribution < 1.29 is 0 Å². The van der Waals surface area contributed by atoms with E-state index in [-0.39, 0.29) is 0 Å². The van der Waals surface area contributed by atoms with Gasteiger partial charge in [-0.2, -0.15) is 0 Å². The number of hydrogen-bond acceptors (Lipinski definition) is 2. The maximum Gasteiger partial charge on any atom is 0.0949 e. The summed E-state index contributed by atoms with van der Waals surface area (Å²) in [6.07, 6.45) is 1.84. The summed E-state index contributed by atoms with van der Waals surface area (Å²) in [6, 6.07) is 0. The number of nitrogens with one attached hydrogen (secondary N) is 1. The topological polar surface area (TPSA) is 29.9 Å². The first-order valence-electron chi connectivity index (χ1n) is 3.37. The van der Waals surface area contributed by atoms with E-state index in [4.69, 9.17) is 0 Å². The van der Waals surface area contributed by atoms with E-state index < -0.39 is 0 Å². The zero-order chi connectivity index (χ0) is 7.56. The maximum absolute atomic E-state index is 4.21. The molecule has 56 valence electrons. The van der Waals surface area contributed by atoms with E-state index in [1.807, 2.05) is 25.0 Å². The van der Waals surface area contributed by atoms with E-state index in [0.29, 0.717) is 0 Å². The second kappa shape index (κ2) is 2.84. The van der Waals surface area contributed by atoms with Gasteiger partial charge in [0.1, 0.15) is 0 Å². The number of imidazole rings is 1. The number of hydrogen-bond donors (Lipinski definition) is 1. The average molecular weight is 139 g/mol. The lowest BCUT2D eigenvalue weighted by molar-refractivity contribution is 0.783. The van der Waals surface area contributed by atoms with Gasteiger partial charge in [0.25, 0.3) is 0 Å². The quantitative estimate of drug-likeness (QED) is 0.644. The van der Waals surface area contributed by atoms with Gasteiger partial charge >= 0.3 is 0 Å². The first kappa shape index (κ1) is 7.28. The molecule has 0 aromatic carbocycles. The summed E-state index contributed by atoms with van der Waals surface area (Å²) in [7, 11) is 3.93. The van der Waals surface area contributed by atoms with Gasteiger partial charge in [0.2, 0.25) is 0 Å². The van der Waals surface area contributed by atoms with Crippen LogP contribution in [0.15, 0.2) is 6.33 Å². The average Bonchev–Trinajstić information content (AvgIpc) is 2.20. The van der Waals surface area contributed by atoms with Gasteiger partial charge in [0.15, 0.2) is 0 Å². The highest BCUT2D eigenvalue weighted by Gasteiger charge is 2.00. The molecule has 1 N–H and O–H groups in total. The molecule has 0 fully saturated rings. The molecule has 0 amide bonds. The van der Waals surface area contributed by atoms with Crippen LogP contribution in [0.4, 0.5) is 0 Å². The molecule has 10 heavy (non-hydrogen) atoms. The van der Waals surface area contributed by atoms with E-state index >= 15 is 0 Å². The first-order chi connectivity index (χ1) is 4.75. The van der Waals surface area contributed by atoms with Gasteiger partial charge in [-0.3, -0.25) is 0 Å². The van der Waals surface area contributed by atoms with Gasteiger partial charge in [0, 0.05) is 19.3 Å². The fraction of sp³-hybridized carbons (Fsp3) is 0.571. The highest BCUT2D eigenvalue weighted by Crippen LogP contribution is 2.02. The summed E-state index contributed by atoms with van der Waals surface area (Å²) in [5.74, 6) is 0. The Balaban J connectivity index is 2.83. The molecule has 3 nitrogen and oxygen atoms in total. The summed E-state index contributed by atoms with van der Waals surface area (Å²) >= 11 is 0. The van der Waals surface area contributed by atoms with Gasteiger partial charge in [-0.15, -0.1) is 0 Å². The third kappa shape index (κ3) is 1.19. The van der Waals surface area contributed by atoms with E-state index in [9.17, 15) is 0 Å². The largest absolute Gasteiger partial charge is 0.338 e. The van der Waals surface area contributed by atoms with E-state index in [0.717, 1.165) is 12.2 Å². The van der Waals surface area contributed by atoms with Crippen molar-refractivity contribution in [3.05, 3.63) is 17.7 Å². The van der Waals surface area contributed by atoms with Crippen LogP contribution in [0.2, 0.25) is 0 Å². The van der Waals surface area contributed by atoms with Crippen molar-refractivity contribution in [2.75, 3.05) is 7.05 Å². The maximum atomic E-state index is 4.21. The highest BCUT2D eigenvalue weighted by atomic mass is 15.0. The smallest absolute Gasteiger partial charge is 0.0949 e. The summed E-state index contributed by atoms with van der Waals surface area (Å²) in [5.41, 5.74) is 2.36. The van der Waals surface area contributed by atoms with Crippen molar-refractivity contribution in [3.63, 3.8) is 0 Å². The normalized spacial score (nSPS) is 10.3. The number of aromatic nitrogens is 2. The third-order valence-electron chi connectivity index (χ3n) is 1.68. The SMILES string of the molecule is CNCc1ncn(C)c1C. The summed E-state index contributed by atoms with van der Waals surface area (Å²) in [5, 5.41) is 3.06. The molecule has 0 aliphatic rings. The summed E-state index contributed by atoms with van der Waals surface area (Å²) in [6.45, 7) is 2.92. The molecule has 0 unspecified atom stereocenters. The summed E-state index contributed by atoms with van der Waals surface area (Å²) in [4.78, 5) is 4.21. The lowest BCUT2D eigenvalue weighted by atomic mass is 10.3. The van der Waals surface area contributed by atoms with Crippen LogP contribution in [-0.2, 0) is 13.6 Å². The second-order valence-electron chi connectivity index (χ2n) is 2.42.